The van der Waals surface area contributed by atoms with Gasteiger partial charge in [0.05, 0.1) is 5.69 Å². The van der Waals surface area contributed by atoms with E-state index in [-0.39, 0.29) is 10.7 Å². The van der Waals surface area contributed by atoms with Crippen LogP contribution in [0.25, 0.3) is 6.08 Å². The summed E-state index contributed by atoms with van der Waals surface area (Å²) in [6, 6.07) is 28.0. The number of thiocarbonyl (C=S) groups is 1. The molecule has 188 valence electrons. The number of hydrogen-bond acceptors (Lipinski definition) is 5. The van der Waals surface area contributed by atoms with Gasteiger partial charge in [-0.3, -0.25) is 19.8 Å². The largest absolute Gasteiger partial charge is 0.457 e. The van der Waals surface area contributed by atoms with Gasteiger partial charge in [-0.1, -0.05) is 53.5 Å². The van der Waals surface area contributed by atoms with Crippen molar-refractivity contribution in [2.45, 2.75) is 0 Å². The number of hydrogen-bond donors (Lipinski definition) is 1. The second-order valence-corrected chi connectivity index (χ2v) is 9.41. The van der Waals surface area contributed by atoms with Crippen molar-refractivity contribution < 1.29 is 19.1 Å². The van der Waals surface area contributed by atoms with E-state index in [9.17, 15) is 9.59 Å². The van der Waals surface area contributed by atoms with Gasteiger partial charge >= 0.3 is 0 Å². The summed E-state index contributed by atoms with van der Waals surface area (Å²) in [6.45, 7) is 0. The number of rotatable bonds is 6. The number of amides is 2. The Morgan fingerprint density at radius 3 is 2.05 bits per heavy atom. The molecule has 2 amide bonds. The fourth-order valence-electron chi connectivity index (χ4n) is 3.74. The van der Waals surface area contributed by atoms with E-state index >= 15 is 0 Å². The van der Waals surface area contributed by atoms with Crippen molar-refractivity contribution >= 4 is 64.1 Å². The molecule has 0 atom stereocenters. The first kappa shape index (κ1) is 25.5. The molecule has 0 aromatic heterocycles. The number of carbonyl (C=O) groups is 2. The molecule has 5 rings (SSSR count). The molecule has 6 nitrogen and oxygen atoms in total. The number of anilines is 1. The van der Waals surface area contributed by atoms with Gasteiger partial charge in [0.1, 0.15) is 28.6 Å². The minimum absolute atomic E-state index is 0.0104. The summed E-state index contributed by atoms with van der Waals surface area (Å²) in [5.41, 5.74) is 0.987. The van der Waals surface area contributed by atoms with E-state index in [2.05, 4.69) is 5.32 Å². The van der Waals surface area contributed by atoms with Crippen LogP contribution in [0.4, 0.5) is 5.69 Å². The Hall–Kier alpha value is -4.17. The minimum atomic E-state index is -0.590. The molecule has 1 fully saturated rings. The van der Waals surface area contributed by atoms with Crippen molar-refractivity contribution in [1.29, 1.82) is 0 Å². The van der Waals surface area contributed by atoms with Crippen LogP contribution in [0.15, 0.2) is 103 Å². The van der Waals surface area contributed by atoms with Crippen LogP contribution in [0.5, 0.6) is 23.0 Å². The van der Waals surface area contributed by atoms with E-state index in [1.54, 1.807) is 66.7 Å². The third-order valence-corrected chi connectivity index (χ3v) is 6.14. The Labute approximate surface area is 234 Å². The van der Waals surface area contributed by atoms with Gasteiger partial charge < -0.3 is 9.47 Å². The molecule has 9 heteroatoms. The van der Waals surface area contributed by atoms with Gasteiger partial charge in [0, 0.05) is 10.0 Å². The summed E-state index contributed by atoms with van der Waals surface area (Å²) in [7, 11) is 0. The second-order valence-electron chi connectivity index (χ2n) is 8.15. The minimum Gasteiger partial charge on any atom is -0.457 e. The first-order valence-electron chi connectivity index (χ1n) is 11.3. The maximum absolute atomic E-state index is 13.4. The van der Waals surface area contributed by atoms with Gasteiger partial charge in [-0.05, 0) is 90.6 Å². The van der Waals surface area contributed by atoms with Gasteiger partial charge in [0.15, 0.2) is 5.11 Å². The van der Waals surface area contributed by atoms with Crippen LogP contribution in [0.3, 0.4) is 0 Å². The molecule has 0 unspecified atom stereocenters. The zero-order valence-electron chi connectivity index (χ0n) is 19.6. The third-order valence-electron chi connectivity index (χ3n) is 5.42. The zero-order valence-corrected chi connectivity index (χ0v) is 21.9. The maximum atomic E-state index is 13.4. The van der Waals surface area contributed by atoms with E-state index < -0.39 is 11.8 Å². The lowest BCUT2D eigenvalue weighted by Gasteiger charge is -2.29. The van der Waals surface area contributed by atoms with Crippen LogP contribution in [0.2, 0.25) is 10.0 Å². The molecule has 0 bridgehead atoms. The molecule has 0 spiro atoms. The summed E-state index contributed by atoms with van der Waals surface area (Å²) in [5.74, 6) is 1.06. The standard InChI is InChI=1S/C29H18Cl2N2O4S/c30-19-15-20(31)17-25(16-19)37-24-8-4-5-18(13-24)14-26-27(34)32-29(38)33(28(26)35)21-9-11-23(12-10-21)36-22-6-2-1-3-7-22/h1-17H,(H,32,34,38)/b26-14+. The Morgan fingerprint density at radius 1 is 0.711 bits per heavy atom. The molecule has 1 N–H and O–H groups in total. The van der Waals surface area contributed by atoms with E-state index in [4.69, 9.17) is 44.9 Å². The predicted octanol–water partition coefficient (Wildman–Crippen LogP) is 7.41. The fourth-order valence-corrected chi connectivity index (χ4v) is 4.52. The predicted molar refractivity (Wildman–Crippen MR) is 152 cm³/mol. The van der Waals surface area contributed by atoms with E-state index in [0.717, 1.165) is 0 Å². The molecule has 0 saturated carbocycles. The van der Waals surface area contributed by atoms with Crippen LogP contribution >= 0.6 is 35.4 Å². The molecule has 1 saturated heterocycles. The molecular formula is C29H18Cl2N2O4S. The molecule has 4 aromatic carbocycles. The summed E-state index contributed by atoms with van der Waals surface area (Å²) >= 11 is 17.4. The molecule has 0 aliphatic carbocycles. The average Bonchev–Trinajstić information content (AvgIpc) is 2.88. The summed E-state index contributed by atoms with van der Waals surface area (Å²) in [4.78, 5) is 27.4. The first-order valence-corrected chi connectivity index (χ1v) is 12.5. The second kappa shape index (κ2) is 11.1. The molecule has 4 aromatic rings. The van der Waals surface area contributed by atoms with Crippen LogP contribution in [0.1, 0.15) is 5.56 Å². The van der Waals surface area contributed by atoms with Crippen LogP contribution in [-0.4, -0.2) is 16.9 Å². The van der Waals surface area contributed by atoms with Crippen molar-refractivity contribution in [2.75, 3.05) is 4.90 Å². The lowest BCUT2D eigenvalue weighted by molar-refractivity contribution is -0.122. The number of carbonyl (C=O) groups excluding carboxylic acids is 2. The molecule has 1 aliphatic rings. The number of ether oxygens (including phenoxy) is 2. The van der Waals surface area contributed by atoms with E-state index in [1.807, 2.05) is 30.3 Å². The van der Waals surface area contributed by atoms with Crippen LogP contribution in [-0.2, 0) is 9.59 Å². The molecule has 38 heavy (non-hydrogen) atoms. The van der Waals surface area contributed by atoms with Gasteiger partial charge in [-0.25, -0.2) is 0 Å². The molecular weight excluding hydrogens is 543 g/mol. The summed E-state index contributed by atoms with van der Waals surface area (Å²) < 4.78 is 11.7. The summed E-state index contributed by atoms with van der Waals surface area (Å²) in [6.07, 6.45) is 1.48. The summed E-state index contributed by atoms with van der Waals surface area (Å²) in [5, 5.41) is 3.45. The normalized spacial score (nSPS) is 14.4. The van der Waals surface area contributed by atoms with Crippen LogP contribution < -0.4 is 19.7 Å². The Morgan fingerprint density at radius 2 is 1.34 bits per heavy atom. The number of halogens is 2. The molecule has 0 radical (unpaired) electrons. The number of para-hydroxylation sites is 1. The van der Waals surface area contributed by atoms with Crippen LogP contribution in [0, 0.1) is 0 Å². The van der Waals surface area contributed by atoms with Gasteiger partial charge in [0.2, 0.25) is 0 Å². The molecule has 1 aliphatic heterocycles. The fraction of sp³-hybridized carbons (Fsp3) is 0. The first-order chi connectivity index (χ1) is 18.4. The third kappa shape index (κ3) is 5.86. The van der Waals surface area contributed by atoms with Gasteiger partial charge in [0.25, 0.3) is 11.8 Å². The lowest BCUT2D eigenvalue weighted by atomic mass is 10.1. The highest BCUT2D eigenvalue weighted by Crippen LogP contribution is 2.30. The Bertz CT molecular complexity index is 1550. The highest BCUT2D eigenvalue weighted by atomic mass is 35.5. The zero-order chi connectivity index (χ0) is 26.6. The lowest BCUT2D eigenvalue weighted by Crippen LogP contribution is -2.54. The quantitative estimate of drug-likeness (QED) is 0.151. The van der Waals surface area contributed by atoms with Crippen molar-refractivity contribution in [3.63, 3.8) is 0 Å². The van der Waals surface area contributed by atoms with Crippen molar-refractivity contribution in [1.82, 2.24) is 5.32 Å². The smallest absolute Gasteiger partial charge is 0.270 e. The Balaban J connectivity index is 1.38. The van der Waals surface area contributed by atoms with E-state index in [0.29, 0.717) is 44.3 Å². The number of nitrogens with one attached hydrogen (secondary N) is 1. The average molecular weight is 561 g/mol. The highest BCUT2D eigenvalue weighted by molar-refractivity contribution is 7.80. The van der Waals surface area contributed by atoms with Gasteiger partial charge in [-0.2, -0.15) is 0 Å². The SMILES string of the molecule is O=C1NC(=S)N(c2ccc(Oc3ccccc3)cc2)C(=O)/C1=C/c1cccc(Oc2cc(Cl)cc(Cl)c2)c1. The highest BCUT2D eigenvalue weighted by Gasteiger charge is 2.34. The molecule has 1 heterocycles. The van der Waals surface area contributed by atoms with E-state index in [1.165, 1.54) is 11.0 Å². The monoisotopic (exact) mass is 560 g/mol. The number of benzene rings is 4. The maximum Gasteiger partial charge on any atom is 0.270 e. The van der Waals surface area contributed by atoms with Gasteiger partial charge in [-0.15, -0.1) is 0 Å². The Kier molecular flexibility index (Phi) is 7.42. The van der Waals surface area contributed by atoms with Crippen molar-refractivity contribution in [3.05, 3.63) is 118 Å². The van der Waals surface area contributed by atoms with Crippen molar-refractivity contribution in [2.24, 2.45) is 0 Å². The van der Waals surface area contributed by atoms with Crippen molar-refractivity contribution in [3.8, 4) is 23.0 Å². The number of nitrogens with zero attached hydrogens (tertiary/aromatic N) is 1. The topological polar surface area (TPSA) is 67.9 Å².